The van der Waals surface area contributed by atoms with Crippen LogP contribution in [0.15, 0.2) is 71.1 Å². The maximum atomic E-state index is 12.2. The Labute approximate surface area is 144 Å². The van der Waals surface area contributed by atoms with Gasteiger partial charge in [-0.1, -0.05) is 72.0 Å². The molecule has 2 aromatic carbocycles. The maximum absolute atomic E-state index is 12.2. The van der Waals surface area contributed by atoms with Gasteiger partial charge >= 0.3 is 0 Å². The lowest BCUT2D eigenvalue weighted by Gasteiger charge is -2.03. The van der Waals surface area contributed by atoms with Gasteiger partial charge < -0.3 is 0 Å². The first kappa shape index (κ1) is 15.1. The summed E-state index contributed by atoms with van der Waals surface area (Å²) >= 11 is 1.21. The Morgan fingerprint density at radius 3 is 2.08 bits per heavy atom. The zero-order valence-electron chi connectivity index (χ0n) is 12.9. The zero-order chi connectivity index (χ0) is 16.7. The van der Waals surface area contributed by atoms with Crippen LogP contribution in [0, 0.1) is 0 Å². The number of fused-ring (bicyclic) bond motifs is 1. The fourth-order valence-corrected chi connectivity index (χ4v) is 4.94. The van der Waals surface area contributed by atoms with Gasteiger partial charge in [0.2, 0.25) is 0 Å². The molecule has 0 radical (unpaired) electrons. The third-order valence-corrected chi connectivity index (χ3v) is 6.62. The second kappa shape index (κ2) is 5.58. The lowest BCUT2D eigenvalue weighted by Crippen LogP contribution is -1.98. The van der Waals surface area contributed by atoms with Gasteiger partial charge in [-0.25, -0.2) is 13.4 Å². The van der Waals surface area contributed by atoms with Gasteiger partial charge in [-0.05, 0) is 0 Å². The number of rotatable bonds is 3. The molecule has 0 atom stereocenters. The number of nitrogens with zero attached hydrogens (tertiary/aromatic N) is 2. The third kappa shape index (κ3) is 2.53. The van der Waals surface area contributed by atoms with Gasteiger partial charge in [0.1, 0.15) is 4.21 Å². The van der Waals surface area contributed by atoms with E-state index in [-0.39, 0.29) is 0 Å². The Kier molecular flexibility index (Phi) is 3.51. The van der Waals surface area contributed by atoms with Crippen molar-refractivity contribution in [2.75, 3.05) is 6.26 Å². The highest BCUT2D eigenvalue weighted by atomic mass is 32.2. The quantitative estimate of drug-likeness (QED) is 0.556. The van der Waals surface area contributed by atoms with Crippen LogP contribution in [0.4, 0.5) is 0 Å². The molecule has 0 aliphatic heterocycles. The summed E-state index contributed by atoms with van der Waals surface area (Å²) in [6.07, 6.45) is 3.14. The Balaban J connectivity index is 2.01. The molecule has 0 N–H and O–H groups in total. The Bertz CT molecular complexity index is 1110. The molecule has 2 aromatic heterocycles. The minimum atomic E-state index is -3.33. The molecular formula is C18H14N2O2S2. The van der Waals surface area contributed by atoms with Crippen LogP contribution < -0.4 is 0 Å². The summed E-state index contributed by atoms with van der Waals surface area (Å²) in [5.74, 6) is 0. The Morgan fingerprint density at radius 2 is 1.50 bits per heavy atom. The summed E-state index contributed by atoms with van der Waals surface area (Å²) in [7, 11) is -3.33. The summed E-state index contributed by atoms with van der Waals surface area (Å²) in [4.78, 5) is 5.29. The highest BCUT2D eigenvalue weighted by Gasteiger charge is 2.23. The molecule has 6 heteroatoms. The van der Waals surface area contributed by atoms with Gasteiger partial charge in [0.25, 0.3) is 0 Å². The van der Waals surface area contributed by atoms with Crippen molar-refractivity contribution in [2.24, 2.45) is 0 Å². The zero-order valence-corrected chi connectivity index (χ0v) is 14.5. The summed E-state index contributed by atoms with van der Waals surface area (Å²) in [6, 6.07) is 19.4. The third-order valence-electron chi connectivity index (χ3n) is 3.75. The van der Waals surface area contributed by atoms with Crippen LogP contribution in [0.25, 0.3) is 27.5 Å². The van der Waals surface area contributed by atoms with Gasteiger partial charge in [0.05, 0.1) is 11.4 Å². The monoisotopic (exact) mass is 354 g/mol. The molecule has 0 saturated carbocycles. The van der Waals surface area contributed by atoms with Crippen LogP contribution in [0.3, 0.4) is 0 Å². The van der Waals surface area contributed by atoms with Crippen molar-refractivity contribution >= 4 is 26.1 Å². The van der Waals surface area contributed by atoms with E-state index in [4.69, 9.17) is 0 Å². The van der Waals surface area contributed by atoms with Crippen LogP contribution in [-0.2, 0) is 9.84 Å². The van der Waals surface area contributed by atoms with Crippen molar-refractivity contribution < 1.29 is 8.42 Å². The number of imidazole rings is 1. The van der Waals surface area contributed by atoms with E-state index in [1.165, 1.54) is 17.6 Å². The van der Waals surface area contributed by atoms with Crippen molar-refractivity contribution in [2.45, 2.75) is 4.21 Å². The summed E-state index contributed by atoms with van der Waals surface area (Å²) in [5, 5.41) is 0. The molecule has 120 valence electrons. The summed E-state index contributed by atoms with van der Waals surface area (Å²) in [5.41, 5.74) is 3.38. The van der Waals surface area contributed by atoms with Crippen LogP contribution >= 0.6 is 11.3 Å². The number of hydrogen-bond acceptors (Lipinski definition) is 4. The van der Waals surface area contributed by atoms with Gasteiger partial charge in [0, 0.05) is 23.6 Å². The lowest BCUT2D eigenvalue weighted by atomic mass is 10.1. The average Bonchev–Trinajstić information content (AvgIpc) is 3.14. The molecule has 2 heterocycles. The minimum Gasteiger partial charge on any atom is -0.288 e. The first-order chi connectivity index (χ1) is 11.5. The molecule has 4 nitrogen and oxygen atoms in total. The van der Waals surface area contributed by atoms with Crippen LogP contribution in [0.5, 0.6) is 0 Å². The Hall–Kier alpha value is -2.44. The van der Waals surface area contributed by atoms with Crippen LogP contribution in [-0.4, -0.2) is 24.1 Å². The van der Waals surface area contributed by atoms with E-state index in [9.17, 15) is 8.42 Å². The van der Waals surface area contributed by atoms with E-state index in [0.717, 1.165) is 16.8 Å². The van der Waals surface area contributed by atoms with Crippen LogP contribution in [0.2, 0.25) is 0 Å². The lowest BCUT2D eigenvalue weighted by molar-refractivity contribution is 0.604. The fraction of sp³-hybridized carbons (Fsp3) is 0.0556. The average molecular weight is 354 g/mol. The Morgan fingerprint density at radius 1 is 0.917 bits per heavy atom. The van der Waals surface area contributed by atoms with E-state index < -0.39 is 9.84 Å². The van der Waals surface area contributed by atoms with Crippen LogP contribution in [0.1, 0.15) is 0 Å². The molecule has 0 aliphatic rings. The SMILES string of the molecule is CS(=O)(=O)c1sc2nc(-c3ccccc3)cn2c1-c1ccccc1. The van der Waals surface area contributed by atoms with Gasteiger partial charge in [-0.2, -0.15) is 0 Å². The van der Waals surface area contributed by atoms with Gasteiger partial charge in [-0.3, -0.25) is 4.40 Å². The van der Waals surface area contributed by atoms with Gasteiger partial charge in [0.15, 0.2) is 14.8 Å². The standard InChI is InChI=1S/C18H14N2O2S2/c1-24(21,22)17-16(14-10-6-3-7-11-14)20-12-15(19-18(20)23-17)13-8-4-2-5-9-13/h2-12H,1H3. The number of aromatic nitrogens is 2. The highest BCUT2D eigenvalue weighted by molar-refractivity contribution is 7.93. The summed E-state index contributed by atoms with van der Waals surface area (Å²) in [6.45, 7) is 0. The minimum absolute atomic E-state index is 0.343. The number of sulfone groups is 1. The van der Waals surface area contributed by atoms with E-state index in [1.807, 2.05) is 71.3 Å². The number of benzene rings is 2. The molecule has 4 rings (SSSR count). The van der Waals surface area contributed by atoms with Crippen molar-refractivity contribution in [1.82, 2.24) is 9.38 Å². The van der Waals surface area contributed by atoms with Gasteiger partial charge in [-0.15, -0.1) is 0 Å². The predicted octanol–water partition coefficient (Wildman–Crippen LogP) is 4.13. The topological polar surface area (TPSA) is 51.4 Å². The van der Waals surface area contributed by atoms with E-state index >= 15 is 0 Å². The highest BCUT2D eigenvalue weighted by Crippen LogP contribution is 2.36. The number of hydrogen-bond donors (Lipinski definition) is 0. The van der Waals surface area contributed by atoms with E-state index in [0.29, 0.717) is 14.9 Å². The summed E-state index contributed by atoms with van der Waals surface area (Å²) < 4.78 is 26.7. The second-order valence-electron chi connectivity index (χ2n) is 5.52. The molecule has 4 aromatic rings. The first-order valence-corrected chi connectivity index (χ1v) is 10.1. The smallest absolute Gasteiger partial charge is 0.196 e. The van der Waals surface area contributed by atoms with E-state index in [1.54, 1.807) is 0 Å². The van der Waals surface area contributed by atoms with Crippen molar-refractivity contribution in [3.8, 4) is 22.5 Å². The fourth-order valence-electron chi connectivity index (χ4n) is 2.68. The first-order valence-electron chi connectivity index (χ1n) is 7.37. The molecule has 0 unspecified atom stereocenters. The van der Waals surface area contributed by atoms with Crippen molar-refractivity contribution in [3.05, 3.63) is 66.9 Å². The molecule has 0 bridgehead atoms. The molecule has 0 amide bonds. The molecule has 0 spiro atoms. The molecule has 24 heavy (non-hydrogen) atoms. The van der Waals surface area contributed by atoms with Crippen molar-refractivity contribution in [1.29, 1.82) is 0 Å². The molecule has 0 fully saturated rings. The molecule has 0 saturated heterocycles. The molecule has 0 aliphatic carbocycles. The largest absolute Gasteiger partial charge is 0.288 e. The number of thiazole rings is 1. The van der Waals surface area contributed by atoms with Crippen molar-refractivity contribution in [3.63, 3.8) is 0 Å². The van der Waals surface area contributed by atoms with E-state index in [2.05, 4.69) is 4.98 Å². The normalized spacial score (nSPS) is 11.9. The second-order valence-corrected chi connectivity index (χ2v) is 8.71. The molecular weight excluding hydrogens is 340 g/mol. The predicted molar refractivity (Wildman–Crippen MR) is 97.1 cm³/mol. The maximum Gasteiger partial charge on any atom is 0.196 e.